The average molecular weight is 286 g/mol. The van der Waals surface area contributed by atoms with Gasteiger partial charge in [0.2, 0.25) is 0 Å². The molecule has 20 heavy (non-hydrogen) atoms. The molecule has 4 N–H and O–H groups in total. The lowest BCUT2D eigenvalue weighted by molar-refractivity contribution is 0.574. The van der Waals surface area contributed by atoms with Crippen molar-refractivity contribution in [3.8, 4) is 0 Å². The molecule has 0 bridgehead atoms. The van der Waals surface area contributed by atoms with E-state index >= 15 is 0 Å². The Hall–Kier alpha value is -2.35. The van der Waals surface area contributed by atoms with Crippen molar-refractivity contribution in [3.05, 3.63) is 47.0 Å². The molecule has 4 nitrogen and oxygen atoms in total. The largest absolute Gasteiger partial charge is 0.333 e. The van der Waals surface area contributed by atoms with Crippen LogP contribution in [0.5, 0.6) is 0 Å². The fraction of sp³-hybridized carbons (Fsp3) is 0.0833. The van der Waals surface area contributed by atoms with Crippen LogP contribution < -0.4 is 16.6 Å². The minimum atomic E-state index is -1.11. The number of benzene rings is 1. The first-order valence-corrected chi connectivity index (χ1v) is 5.48. The molecule has 106 valence electrons. The molecule has 0 atom stereocenters. The van der Waals surface area contributed by atoms with Gasteiger partial charge in [0.05, 0.1) is 0 Å². The summed E-state index contributed by atoms with van der Waals surface area (Å²) in [4.78, 5) is 3.47. The highest BCUT2D eigenvalue weighted by molar-refractivity contribution is 5.61. The van der Waals surface area contributed by atoms with Crippen molar-refractivity contribution in [2.75, 3.05) is 10.7 Å². The molecule has 1 aromatic carbocycles. The van der Waals surface area contributed by atoms with E-state index in [-0.39, 0.29) is 5.56 Å². The standard InChI is InChI=1S/C12H10F4N4/c1-5-2-3-6(13)10(9(5)16)18-11-7(14)4-8(15)12(19-11)20-17/h2-4H,17H2,1H3,(H2,18,19,20). The van der Waals surface area contributed by atoms with Gasteiger partial charge in [-0.1, -0.05) is 6.07 Å². The predicted octanol–water partition coefficient (Wildman–Crippen LogP) is 2.98. The lowest BCUT2D eigenvalue weighted by atomic mass is 10.2. The Morgan fingerprint density at radius 2 is 1.65 bits per heavy atom. The van der Waals surface area contributed by atoms with Gasteiger partial charge in [-0.15, -0.1) is 0 Å². The van der Waals surface area contributed by atoms with Crippen LogP contribution in [0.3, 0.4) is 0 Å². The zero-order chi connectivity index (χ0) is 14.9. The SMILES string of the molecule is Cc1ccc(F)c(Nc2nc(NN)c(F)cc2F)c1F. The van der Waals surface area contributed by atoms with Crippen LogP contribution in [0.4, 0.5) is 34.9 Å². The highest BCUT2D eigenvalue weighted by atomic mass is 19.1. The molecule has 2 rings (SSSR count). The molecule has 1 aromatic heterocycles. The van der Waals surface area contributed by atoms with Crippen LogP contribution >= 0.6 is 0 Å². The Kier molecular flexibility index (Phi) is 3.75. The van der Waals surface area contributed by atoms with Crippen molar-refractivity contribution in [1.29, 1.82) is 0 Å². The monoisotopic (exact) mass is 286 g/mol. The normalized spacial score (nSPS) is 10.5. The zero-order valence-electron chi connectivity index (χ0n) is 10.3. The first kappa shape index (κ1) is 14.1. The maximum Gasteiger partial charge on any atom is 0.178 e. The van der Waals surface area contributed by atoms with Gasteiger partial charge >= 0.3 is 0 Å². The summed E-state index contributed by atoms with van der Waals surface area (Å²) in [5, 5.41) is 2.15. The topological polar surface area (TPSA) is 63.0 Å². The van der Waals surface area contributed by atoms with E-state index < -0.39 is 40.6 Å². The van der Waals surface area contributed by atoms with Gasteiger partial charge in [-0.3, -0.25) is 0 Å². The van der Waals surface area contributed by atoms with Gasteiger partial charge in [-0.2, -0.15) is 0 Å². The zero-order valence-corrected chi connectivity index (χ0v) is 10.3. The molecular weight excluding hydrogens is 276 g/mol. The highest BCUT2D eigenvalue weighted by Gasteiger charge is 2.16. The third-order valence-electron chi connectivity index (χ3n) is 2.59. The first-order chi connectivity index (χ1) is 9.43. The van der Waals surface area contributed by atoms with Crippen LogP contribution in [-0.4, -0.2) is 4.98 Å². The molecule has 8 heteroatoms. The summed E-state index contributed by atoms with van der Waals surface area (Å²) in [5.74, 6) is 0.0297. The summed E-state index contributed by atoms with van der Waals surface area (Å²) in [6.45, 7) is 1.42. The van der Waals surface area contributed by atoms with Gasteiger partial charge in [0.25, 0.3) is 0 Å². The molecule has 0 fully saturated rings. The van der Waals surface area contributed by atoms with Crippen LogP contribution in [-0.2, 0) is 0 Å². The van der Waals surface area contributed by atoms with Crippen molar-refractivity contribution in [3.63, 3.8) is 0 Å². The number of nitrogens with two attached hydrogens (primary N) is 1. The third kappa shape index (κ3) is 2.50. The van der Waals surface area contributed by atoms with E-state index in [0.717, 1.165) is 6.07 Å². The smallest absolute Gasteiger partial charge is 0.178 e. The van der Waals surface area contributed by atoms with E-state index in [2.05, 4.69) is 10.3 Å². The Balaban J connectivity index is 2.48. The minimum Gasteiger partial charge on any atom is -0.333 e. The van der Waals surface area contributed by atoms with E-state index in [0.29, 0.717) is 6.07 Å². The van der Waals surface area contributed by atoms with Gasteiger partial charge in [-0.05, 0) is 18.6 Å². The van der Waals surface area contributed by atoms with Gasteiger partial charge in [0.1, 0.15) is 11.5 Å². The summed E-state index contributed by atoms with van der Waals surface area (Å²) >= 11 is 0. The van der Waals surface area contributed by atoms with Gasteiger partial charge < -0.3 is 10.7 Å². The van der Waals surface area contributed by atoms with Crippen LogP contribution in [0, 0.1) is 30.2 Å². The van der Waals surface area contributed by atoms with Crippen LogP contribution in [0.15, 0.2) is 18.2 Å². The molecule has 0 unspecified atom stereocenters. The van der Waals surface area contributed by atoms with E-state index in [1.54, 1.807) is 0 Å². The number of aryl methyl sites for hydroxylation is 1. The van der Waals surface area contributed by atoms with E-state index in [4.69, 9.17) is 5.84 Å². The Morgan fingerprint density at radius 3 is 2.30 bits per heavy atom. The summed E-state index contributed by atoms with van der Waals surface area (Å²) < 4.78 is 54.0. The van der Waals surface area contributed by atoms with Crippen LogP contribution in [0.1, 0.15) is 5.56 Å². The molecule has 0 aliphatic carbocycles. The quantitative estimate of drug-likeness (QED) is 0.461. The van der Waals surface area contributed by atoms with E-state index in [1.807, 2.05) is 5.43 Å². The highest BCUT2D eigenvalue weighted by Crippen LogP contribution is 2.27. The Morgan fingerprint density at radius 1 is 1.00 bits per heavy atom. The Bertz CT molecular complexity index is 660. The molecule has 0 saturated heterocycles. The molecular formula is C12H10F4N4. The summed E-state index contributed by atoms with van der Waals surface area (Å²) in [6, 6.07) is 2.75. The number of hydrogen-bond acceptors (Lipinski definition) is 4. The number of hydrogen-bond donors (Lipinski definition) is 3. The molecule has 0 spiro atoms. The molecule has 0 radical (unpaired) electrons. The number of nitrogen functional groups attached to an aromatic ring is 1. The number of pyridine rings is 1. The number of nitrogens with zero attached hydrogens (tertiary/aromatic N) is 1. The van der Waals surface area contributed by atoms with Crippen LogP contribution in [0.25, 0.3) is 0 Å². The fourth-order valence-corrected chi connectivity index (χ4v) is 1.55. The minimum absolute atomic E-state index is 0.161. The van der Waals surface area contributed by atoms with Crippen LogP contribution in [0.2, 0.25) is 0 Å². The second-order valence-corrected chi connectivity index (χ2v) is 3.97. The van der Waals surface area contributed by atoms with Gasteiger partial charge in [0, 0.05) is 6.07 Å². The molecule has 0 aliphatic rings. The summed E-state index contributed by atoms with van der Waals surface area (Å²) in [7, 11) is 0. The maximum absolute atomic E-state index is 13.8. The van der Waals surface area contributed by atoms with Gasteiger partial charge in [0.15, 0.2) is 29.1 Å². The second kappa shape index (κ2) is 5.33. The van der Waals surface area contributed by atoms with Crippen molar-refractivity contribution in [1.82, 2.24) is 4.98 Å². The number of aromatic nitrogens is 1. The number of hydrazine groups is 1. The van der Waals surface area contributed by atoms with E-state index in [9.17, 15) is 17.6 Å². The Labute approximate surface area is 111 Å². The van der Waals surface area contributed by atoms with Crippen molar-refractivity contribution in [2.45, 2.75) is 6.92 Å². The summed E-state index contributed by atoms with van der Waals surface area (Å²) in [5.41, 5.74) is 1.49. The molecule has 0 saturated carbocycles. The number of anilines is 3. The molecule has 2 aromatic rings. The molecule has 0 amide bonds. The third-order valence-corrected chi connectivity index (χ3v) is 2.59. The maximum atomic E-state index is 13.8. The van der Waals surface area contributed by atoms with Crippen molar-refractivity contribution < 1.29 is 17.6 Å². The molecule has 1 heterocycles. The lowest BCUT2D eigenvalue weighted by Gasteiger charge is -2.11. The average Bonchev–Trinajstić information content (AvgIpc) is 2.41. The van der Waals surface area contributed by atoms with Gasteiger partial charge in [-0.25, -0.2) is 28.4 Å². The number of rotatable bonds is 3. The number of halogens is 4. The lowest BCUT2D eigenvalue weighted by Crippen LogP contribution is -2.13. The first-order valence-electron chi connectivity index (χ1n) is 5.48. The number of nitrogens with one attached hydrogen (secondary N) is 2. The van der Waals surface area contributed by atoms with Crippen molar-refractivity contribution in [2.24, 2.45) is 5.84 Å². The predicted molar refractivity (Wildman–Crippen MR) is 66.3 cm³/mol. The molecule has 0 aliphatic heterocycles. The van der Waals surface area contributed by atoms with E-state index in [1.165, 1.54) is 13.0 Å². The second-order valence-electron chi connectivity index (χ2n) is 3.97. The fourth-order valence-electron chi connectivity index (χ4n) is 1.55. The van der Waals surface area contributed by atoms with Crippen molar-refractivity contribution >= 4 is 17.3 Å². The summed E-state index contributed by atoms with van der Waals surface area (Å²) in [6.07, 6.45) is 0.